The van der Waals surface area contributed by atoms with E-state index >= 15 is 0 Å². The topological polar surface area (TPSA) is 57.0 Å². The second-order valence-corrected chi connectivity index (χ2v) is 3.36. The summed E-state index contributed by atoms with van der Waals surface area (Å²) in [6.45, 7) is 2.23. The first kappa shape index (κ1) is 9.18. The minimum atomic E-state index is -0.196. The van der Waals surface area contributed by atoms with Gasteiger partial charge >= 0.3 is 5.97 Å². The molecule has 1 heterocycles. The number of carbonyl (C=O) groups is 1. The maximum atomic E-state index is 11.5. The van der Waals surface area contributed by atoms with Crippen molar-refractivity contribution in [2.75, 3.05) is 6.61 Å². The lowest BCUT2D eigenvalue weighted by Gasteiger charge is -2.06. The molecule has 0 spiro atoms. The molecule has 1 aliphatic carbocycles. The lowest BCUT2D eigenvalue weighted by Crippen LogP contribution is -2.14. The van der Waals surface area contributed by atoms with Crippen LogP contribution in [0.2, 0.25) is 0 Å². The van der Waals surface area contributed by atoms with Crippen LogP contribution in [-0.4, -0.2) is 27.6 Å². The van der Waals surface area contributed by atoms with Crippen molar-refractivity contribution in [3.05, 3.63) is 11.4 Å². The van der Waals surface area contributed by atoms with Gasteiger partial charge < -0.3 is 4.74 Å². The highest BCUT2D eigenvalue weighted by Gasteiger charge is 2.33. The van der Waals surface area contributed by atoms with Crippen LogP contribution in [0.3, 0.4) is 0 Å². The average Bonchev–Trinajstić information content (AvgIpc) is 2.62. The van der Waals surface area contributed by atoms with Gasteiger partial charge in [-0.05, 0) is 19.8 Å². The minimum Gasteiger partial charge on any atom is -0.465 e. The fraction of sp³-hybridized carbons (Fsp3) is 0.667. The summed E-state index contributed by atoms with van der Waals surface area (Å²) < 4.78 is 4.98. The zero-order chi connectivity index (χ0) is 10.1. The fourth-order valence-corrected chi connectivity index (χ4v) is 1.80. The van der Waals surface area contributed by atoms with Crippen LogP contribution in [-0.2, 0) is 23.0 Å². The van der Waals surface area contributed by atoms with Crippen molar-refractivity contribution >= 4 is 5.97 Å². The molecule has 0 saturated heterocycles. The van der Waals surface area contributed by atoms with Gasteiger partial charge in [0.25, 0.3) is 0 Å². The molecular formula is C9H13N3O2. The number of ether oxygens (including phenoxy) is 1. The molecule has 1 aliphatic rings. The lowest BCUT2D eigenvalue weighted by molar-refractivity contribution is -0.145. The molecule has 1 aromatic rings. The van der Waals surface area contributed by atoms with E-state index in [1.807, 2.05) is 6.92 Å². The molecule has 0 aliphatic heterocycles. The molecule has 1 atom stereocenters. The van der Waals surface area contributed by atoms with Gasteiger partial charge in [-0.3, -0.25) is 4.79 Å². The van der Waals surface area contributed by atoms with Crippen molar-refractivity contribution in [3.63, 3.8) is 0 Å². The molecule has 0 unspecified atom stereocenters. The largest absolute Gasteiger partial charge is 0.465 e. The number of nitrogens with zero attached hydrogens (tertiary/aromatic N) is 3. The van der Waals surface area contributed by atoms with Gasteiger partial charge in [0.2, 0.25) is 0 Å². The van der Waals surface area contributed by atoms with Crippen molar-refractivity contribution in [3.8, 4) is 0 Å². The molecule has 0 bridgehead atoms. The van der Waals surface area contributed by atoms with E-state index in [9.17, 15) is 4.79 Å². The third kappa shape index (κ3) is 1.38. The molecule has 5 heteroatoms. The van der Waals surface area contributed by atoms with Gasteiger partial charge in [0, 0.05) is 7.05 Å². The summed E-state index contributed by atoms with van der Waals surface area (Å²) in [7, 11) is 1.76. The van der Waals surface area contributed by atoms with Crippen LogP contribution in [0.25, 0.3) is 0 Å². The van der Waals surface area contributed by atoms with Crippen LogP contribution in [0.4, 0.5) is 0 Å². The molecule has 14 heavy (non-hydrogen) atoms. The van der Waals surface area contributed by atoms with Gasteiger partial charge in [-0.15, -0.1) is 0 Å². The number of hydrogen-bond donors (Lipinski definition) is 0. The van der Waals surface area contributed by atoms with Crippen LogP contribution in [0.1, 0.15) is 30.7 Å². The number of aryl methyl sites for hydroxylation is 2. The predicted octanol–water partition coefficient (Wildman–Crippen LogP) is 0.408. The Hall–Kier alpha value is -1.39. The van der Waals surface area contributed by atoms with E-state index in [1.54, 1.807) is 7.05 Å². The summed E-state index contributed by atoms with van der Waals surface area (Å²) in [5, 5.41) is 8.36. The van der Waals surface area contributed by atoms with E-state index in [0.717, 1.165) is 24.2 Å². The Morgan fingerprint density at radius 3 is 3.14 bits per heavy atom. The van der Waals surface area contributed by atoms with Gasteiger partial charge in [-0.1, -0.05) is 0 Å². The standard InChI is InChI=1S/C9H13N3O2/c1-3-14-9(13)6-4-5-7-8(6)11-12(2)10-7/h6H,3-5H2,1-2H3/t6-/m0/s1. The molecule has 2 rings (SSSR count). The highest BCUT2D eigenvalue weighted by molar-refractivity contribution is 5.78. The van der Waals surface area contributed by atoms with Crippen LogP contribution < -0.4 is 0 Å². The first-order valence-electron chi connectivity index (χ1n) is 4.79. The highest BCUT2D eigenvalue weighted by Crippen LogP contribution is 2.30. The van der Waals surface area contributed by atoms with Crippen molar-refractivity contribution in [2.24, 2.45) is 7.05 Å². The molecule has 0 N–H and O–H groups in total. The number of carbonyl (C=O) groups excluding carboxylic acids is 1. The Morgan fingerprint density at radius 2 is 2.43 bits per heavy atom. The molecular weight excluding hydrogens is 182 g/mol. The number of esters is 1. The lowest BCUT2D eigenvalue weighted by atomic mass is 10.1. The van der Waals surface area contributed by atoms with E-state index in [2.05, 4.69) is 10.2 Å². The van der Waals surface area contributed by atoms with Crippen LogP contribution in [0.15, 0.2) is 0 Å². The third-order valence-corrected chi connectivity index (χ3v) is 2.38. The zero-order valence-electron chi connectivity index (χ0n) is 8.36. The quantitative estimate of drug-likeness (QED) is 0.641. The summed E-state index contributed by atoms with van der Waals surface area (Å²) >= 11 is 0. The van der Waals surface area contributed by atoms with Gasteiger partial charge in [-0.2, -0.15) is 15.0 Å². The van der Waals surface area contributed by atoms with Gasteiger partial charge in [0.1, 0.15) is 11.6 Å². The summed E-state index contributed by atoms with van der Waals surface area (Å²) in [4.78, 5) is 13.0. The third-order valence-electron chi connectivity index (χ3n) is 2.38. The first-order valence-corrected chi connectivity index (χ1v) is 4.79. The summed E-state index contributed by atoms with van der Waals surface area (Å²) in [6, 6.07) is 0. The van der Waals surface area contributed by atoms with Crippen molar-refractivity contribution in [1.82, 2.24) is 15.0 Å². The monoisotopic (exact) mass is 195 g/mol. The molecule has 1 aromatic heterocycles. The van der Waals surface area contributed by atoms with E-state index in [1.165, 1.54) is 4.80 Å². The Kier molecular flexibility index (Phi) is 2.23. The van der Waals surface area contributed by atoms with Gasteiger partial charge in [0.05, 0.1) is 12.3 Å². The van der Waals surface area contributed by atoms with Crippen LogP contribution in [0.5, 0.6) is 0 Å². The number of rotatable bonds is 2. The van der Waals surface area contributed by atoms with E-state index in [0.29, 0.717) is 6.61 Å². The predicted molar refractivity (Wildman–Crippen MR) is 48.7 cm³/mol. The fourth-order valence-electron chi connectivity index (χ4n) is 1.80. The van der Waals surface area contributed by atoms with Crippen molar-refractivity contribution in [1.29, 1.82) is 0 Å². The Labute approximate surface area is 82.1 Å². The summed E-state index contributed by atoms with van der Waals surface area (Å²) in [5.41, 5.74) is 1.73. The Balaban J connectivity index is 2.20. The maximum absolute atomic E-state index is 11.5. The molecule has 5 nitrogen and oxygen atoms in total. The molecule has 0 aromatic carbocycles. The van der Waals surface area contributed by atoms with E-state index in [-0.39, 0.29) is 11.9 Å². The molecule has 0 radical (unpaired) electrons. The summed E-state index contributed by atoms with van der Waals surface area (Å²) in [6.07, 6.45) is 1.61. The van der Waals surface area contributed by atoms with Gasteiger partial charge in [0.15, 0.2) is 0 Å². The molecule has 0 amide bonds. The molecule has 0 fully saturated rings. The SMILES string of the molecule is CCOC(=O)[C@H]1CCc2nn(C)nc21. The maximum Gasteiger partial charge on any atom is 0.315 e. The van der Waals surface area contributed by atoms with Crippen molar-refractivity contribution < 1.29 is 9.53 Å². The molecule has 0 saturated carbocycles. The Bertz CT molecular complexity index is 359. The number of aromatic nitrogens is 3. The first-order chi connectivity index (χ1) is 6.72. The zero-order valence-corrected chi connectivity index (χ0v) is 8.36. The van der Waals surface area contributed by atoms with Crippen molar-refractivity contribution in [2.45, 2.75) is 25.7 Å². The smallest absolute Gasteiger partial charge is 0.315 e. The second-order valence-electron chi connectivity index (χ2n) is 3.36. The minimum absolute atomic E-state index is 0.174. The number of fused-ring (bicyclic) bond motifs is 1. The normalized spacial score (nSPS) is 19.4. The van der Waals surface area contributed by atoms with E-state index in [4.69, 9.17) is 4.74 Å². The van der Waals surface area contributed by atoms with Crippen LogP contribution in [0, 0.1) is 0 Å². The summed E-state index contributed by atoms with van der Waals surface area (Å²) in [5.74, 6) is -0.370. The van der Waals surface area contributed by atoms with Crippen LogP contribution >= 0.6 is 0 Å². The average molecular weight is 195 g/mol. The highest BCUT2D eigenvalue weighted by atomic mass is 16.5. The van der Waals surface area contributed by atoms with E-state index < -0.39 is 0 Å². The Morgan fingerprint density at radius 1 is 1.64 bits per heavy atom. The molecule has 76 valence electrons. The van der Waals surface area contributed by atoms with Gasteiger partial charge in [-0.25, -0.2) is 0 Å². The second kappa shape index (κ2) is 3.40. The number of hydrogen-bond acceptors (Lipinski definition) is 4.